The van der Waals surface area contributed by atoms with E-state index in [1.807, 2.05) is 4.90 Å². The summed E-state index contributed by atoms with van der Waals surface area (Å²) in [5, 5.41) is 9.78. The van der Waals surface area contributed by atoms with Gasteiger partial charge in [-0.2, -0.15) is 0 Å². The van der Waals surface area contributed by atoms with E-state index < -0.39 is 24.7 Å². The predicted octanol–water partition coefficient (Wildman–Crippen LogP) is 3.91. The van der Waals surface area contributed by atoms with E-state index in [1.54, 1.807) is 24.3 Å². The van der Waals surface area contributed by atoms with Crippen molar-refractivity contribution in [2.45, 2.75) is 17.4 Å². The van der Waals surface area contributed by atoms with Gasteiger partial charge in [0.1, 0.15) is 17.1 Å². The van der Waals surface area contributed by atoms with Crippen LogP contribution < -0.4 is 4.90 Å². The van der Waals surface area contributed by atoms with Crippen LogP contribution in [0, 0.1) is 11.6 Å². The predicted molar refractivity (Wildman–Crippen MR) is 109 cm³/mol. The Kier molecular flexibility index (Phi) is 5.44. The van der Waals surface area contributed by atoms with Crippen molar-refractivity contribution in [3.05, 3.63) is 48.2 Å². The second-order valence-corrected chi connectivity index (χ2v) is 10.1. The average Bonchev–Trinajstić information content (AvgIpc) is 3.26. The van der Waals surface area contributed by atoms with Gasteiger partial charge in [0.25, 0.3) is 0 Å². The number of nitrogens with one attached hydrogen (secondary N) is 1. The minimum atomic E-state index is -4.27. The first-order valence-corrected chi connectivity index (χ1v) is 11.7. The van der Waals surface area contributed by atoms with Crippen molar-refractivity contribution >= 4 is 35.9 Å². The van der Waals surface area contributed by atoms with Gasteiger partial charge in [-0.15, -0.1) is 11.8 Å². The van der Waals surface area contributed by atoms with Crippen molar-refractivity contribution in [2.24, 2.45) is 0 Å². The van der Waals surface area contributed by atoms with E-state index >= 15 is 4.39 Å². The Morgan fingerprint density at radius 3 is 2.59 bits per heavy atom. The van der Waals surface area contributed by atoms with Gasteiger partial charge in [0.2, 0.25) is 0 Å². The van der Waals surface area contributed by atoms with Crippen LogP contribution in [0.5, 0.6) is 0 Å². The zero-order chi connectivity index (χ0) is 20.8. The van der Waals surface area contributed by atoms with Gasteiger partial charge in [0.05, 0.1) is 17.2 Å². The Morgan fingerprint density at radius 2 is 1.97 bits per heavy atom. The second kappa shape index (κ2) is 7.74. The maximum absolute atomic E-state index is 15.3. The second-order valence-electron chi connectivity index (χ2n) is 7.00. The molecule has 10 heteroatoms. The van der Waals surface area contributed by atoms with E-state index in [4.69, 9.17) is 9.79 Å². The fraction of sp³-hybridized carbons (Fsp3) is 0.263. The molecule has 3 aromatic rings. The van der Waals surface area contributed by atoms with Gasteiger partial charge in [-0.25, -0.2) is 8.78 Å². The number of rotatable bonds is 5. The van der Waals surface area contributed by atoms with Crippen LogP contribution in [0.3, 0.4) is 0 Å². The van der Waals surface area contributed by atoms with Crippen LogP contribution in [-0.4, -0.2) is 44.6 Å². The van der Waals surface area contributed by atoms with E-state index in [2.05, 4.69) is 4.98 Å². The molecule has 154 valence electrons. The third-order valence-corrected chi connectivity index (χ3v) is 7.39. The molecule has 0 radical (unpaired) electrons. The summed E-state index contributed by atoms with van der Waals surface area (Å²) >= 11 is 0.820. The minimum Gasteiger partial charge on any atom is -0.391 e. The number of anilines is 1. The lowest BCUT2D eigenvalue weighted by Crippen LogP contribution is -2.20. The van der Waals surface area contributed by atoms with Crippen LogP contribution in [0.4, 0.5) is 14.5 Å². The lowest BCUT2D eigenvalue weighted by atomic mass is 10.0. The molecular formula is C19H19F2N2O4PS. The number of thioether (sulfide) groups is 1. The van der Waals surface area contributed by atoms with Gasteiger partial charge < -0.3 is 24.8 Å². The number of aliphatic hydroxyl groups excluding tert-OH is 1. The number of β-amino-alcohol motifs (C(OH)–C–C–N with tert-alkyl or cyclic N) is 1. The van der Waals surface area contributed by atoms with Crippen molar-refractivity contribution in [3.63, 3.8) is 0 Å². The molecule has 0 spiro atoms. The zero-order valence-corrected chi connectivity index (χ0v) is 16.9. The number of nitrogens with zero attached hydrogens (tertiary/aromatic N) is 1. The average molecular weight is 440 g/mol. The Hall–Kier alpha value is -1.90. The van der Waals surface area contributed by atoms with Gasteiger partial charge >= 0.3 is 7.60 Å². The summed E-state index contributed by atoms with van der Waals surface area (Å²) in [5.74, 6) is -1.51. The first-order valence-electron chi connectivity index (χ1n) is 8.93. The molecule has 4 N–H and O–H groups in total. The van der Waals surface area contributed by atoms with Gasteiger partial charge in [-0.05, 0) is 30.2 Å². The van der Waals surface area contributed by atoms with Crippen molar-refractivity contribution < 1.29 is 28.2 Å². The van der Waals surface area contributed by atoms with Gasteiger partial charge in [0, 0.05) is 35.3 Å². The molecule has 1 atom stereocenters. The number of halogens is 2. The fourth-order valence-electron chi connectivity index (χ4n) is 3.54. The van der Waals surface area contributed by atoms with Gasteiger partial charge in [0.15, 0.2) is 0 Å². The summed E-state index contributed by atoms with van der Waals surface area (Å²) in [7, 11) is -4.27. The summed E-state index contributed by atoms with van der Waals surface area (Å²) in [6, 6.07) is 7.96. The molecular weight excluding hydrogens is 421 g/mol. The van der Waals surface area contributed by atoms with Crippen LogP contribution in [0.1, 0.15) is 6.42 Å². The standard InChI is InChI=1S/C19H19F2N2O4PS/c20-14-7-15-18(16(8-22-15)29-10-28(25,26)27)19(21)17(14)11-1-3-12(4-2-11)23-6-5-13(24)9-23/h1-4,7-8,13,22,24H,5-6,9-10H2,(H2,25,26,27)/t13-/m0/s1. The first-order chi connectivity index (χ1) is 13.7. The summed E-state index contributed by atoms with van der Waals surface area (Å²) in [5.41, 5.74) is 0.759. The monoisotopic (exact) mass is 440 g/mol. The summed E-state index contributed by atoms with van der Waals surface area (Å²) < 4.78 is 41.1. The Bertz CT molecular complexity index is 1100. The van der Waals surface area contributed by atoms with Crippen LogP contribution in [0.15, 0.2) is 41.4 Å². The number of hydrogen-bond donors (Lipinski definition) is 4. The molecule has 29 heavy (non-hydrogen) atoms. The lowest BCUT2D eigenvalue weighted by Gasteiger charge is -2.18. The molecule has 1 aliphatic heterocycles. The Morgan fingerprint density at radius 1 is 1.24 bits per heavy atom. The van der Waals surface area contributed by atoms with Crippen LogP contribution in [0.2, 0.25) is 0 Å². The quantitative estimate of drug-likeness (QED) is 0.355. The normalized spacial score (nSPS) is 17.4. The molecule has 6 nitrogen and oxygen atoms in total. The molecule has 2 heterocycles. The lowest BCUT2D eigenvalue weighted by molar-refractivity contribution is 0.198. The Balaban J connectivity index is 1.70. The van der Waals surface area contributed by atoms with Crippen LogP contribution in [-0.2, 0) is 4.57 Å². The topological polar surface area (TPSA) is 96.8 Å². The van der Waals surface area contributed by atoms with E-state index in [-0.39, 0.29) is 22.6 Å². The highest BCUT2D eigenvalue weighted by Gasteiger charge is 2.23. The number of fused-ring (bicyclic) bond motifs is 1. The molecule has 0 bridgehead atoms. The highest BCUT2D eigenvalue weighted by Crippen LogP contribution is 2.44. The largest absolute Gasteiger partial charge is 0.391 e. The third kappa shape index (κ3) is 4.20. The number of aromatic nitrogens is 1. The first kappa shape index (κ1) is 20.4. The van der Waals surface area contributed by atoms with E-state index in [0.29, 0.717) is 23.4 Å². The number of hydrogen-bond acceptors (Lipinski definition) is 4. The maximum Gasteiger partial charge on any atom is 0.335 e. The van der Waals surface area contributed by atoms with Gasteiger partial charge in [-0.3, -0.25) is 4.57 Å². The highest BCUT2D eigenvalue weighted by molar-refractivity contribution is 8.04. The molecule has 0 amide bonds. The number of H-pyrrole nitrogens is 1. The molecule has 1 aromatic heterocycles. The molecule has 1 aliphatic rings. The summed E-state index contributed by atoms with van der Waals surface area (Å²) in [6.45, 7) is 1.25. The van der Waals surface area contributed by atoms with Crippen molar-refractivity contribution in [1.82, 2.24) is 4.98 Å². The molecule has 1 saturated heterocycles. The van der Waals surface area contributed by atoms with Crippen LogP contribution >= 0.6 is 19.4 Å². The number of aliphatic hydroxyl groups is 1. The molecule has 2 aromatic carbocycles. The molecule has 0 unspecified atom stereocenters. The summed E-state index contributed by atoms with van der Waals surface area (Å²) in [4.78, 5) is 23.2. The van der Waals surface area contributed by atoms with E-state index in [0.717, 1.165) is 24.0 Å². The summed E-state index contributed by atoms with van der Waals surface area (Å²) in [6.07, 6.45) is 1.73. The smallest absolute Gasteiger partial charge is 0.335 e. The zero-order valence-electron chi connectivity index (χ0n) is 15.2. The van der Waals surface area contributed by atoms with Gasteiger partial charge in [-0.1, -0.05) is 12.1 Å². The molecule has 0 saturated carbocycles. The van der Waals surface area contributed by atoms with Crippen molar-refractivity contribution in [3.8, 4) is 11.1 Å². The van der Waals surface area contributed by atoms with E-state index in [9.17, 15) is 14.1 Å². The van der Waals surface area contributed by atoms with Crippen molar-refractivity contribution in [1.29, 1.82) is 0 Å². The van der Waals surface area contributed by atoms with Crippen LogP contribution in [0.25, 0.3) is 22.0 Å². The van der Waals surface area contributed by atoms with Crippen molar-refractivity contribution in [2.75, 3.05) is 23.5 Å². The molecule has 0 aliphatic carbocycles. The minimum absolute atomic E-state index is 0.103. The Labute approximate surface area is 169 Å². The SMILES string of the molecule is O=P(O)(O)CSc1c[nH]c2cc(F)c(-c3ccc(N4CC[C@H](O)C4)cc3)c(F)c12. The number of benzene rings is 2. The van der Waals surface area contributed by atoms with E-state index in [1.165, 1.54) is 12.3 Å². The molecule has 4 rings (SSSR count). The third-order valence-electron chi connectivity index (χ3n) is 4.90. The molecule has 1 fully saturated rings. The highest BCUT2D eigenvalue weighted by atomic mass is 32.2. The fourth-order valence-corrected chi connectivity index (χ4v) is 5.25. The maximum atomic E-state index is 15.3. The number of aromatic amines is 1.